The summed E-state index contributed by atoms with van der Waals surface area (Å²) in [7, 11) is 0. The Hall–Kier alpha value is -0.128. The van der Waals surface area contributed by atoms with Gasteiger partial charge in [0.25, 0.3) is 0 Å². The molecule has 0 saturated heterocycles. The predicted molar refractivity (Wildman–Crippen MR) is 25.9 cm³/mol. The van der Waals surface area contributed by atoms with Gasteiger partial charge in [0.2, 0.25) is 0 Å². The van der Waals surface area contributed by atoms with Gasteiger partial charge in [-0.3, -0.25) is 0 Å². The molecule has 0 aliphatic rings. The summed E-state index contributed by atoms with van der Waals surface area (Å²) >= 11 is 0. The molecule has 0 rings (SSSR count). The van der Waals surface area contributed by atoms with Crippen molar-refractivity contribution in [1.29, 1.82) is 0 Å². The third-order valence-corrected chi connectivity index (χ3v) is 0.185. The Bertz CT molecular complexity index is 62.7. The molecule has 0 aliphatic heterocycles. The van der Waals surface area contributed by atoms with Gasteiger partial charge in [0.1, 0.15) is 0 Å². The molecule has 0 aliphatic carbocycles. The summed E-state index contributed by atoms with van der Waals surface area (Å²) in [4.78, 5) is 9.36. The zero-order valence-electron chi connectivity index (χ0n) is 4.01. The van der Waals surface area contributed by atoms with Crippen molar-refractivity contribution >= 4 is 5.91 Å². The molecule has 0 saturated carbocycles. The summed E-state index contributed by atoms with van der Waals surface area (Å²) in [6, 6.07) is 0. The van der Waals surface area contributed by atoms with Crippen LogP contribution in [0.15, 0.2) is 12.7 Å². The van der Waals surface area contributed by atoms with Gasteiger partial charge in [0.15, 0.2) is 0 Å². The van der Waals surface area contributed by atoms with E-state index in [1.807, 2.05) is 0 Å². The van der Waals surface area contributed by atoms with Crippen LogP contribution in [0.1, 0.15) is 0 Å². The molecule has 3 heteroatoms. The average Bonchev–Trinajstić information content (AvgIpc) is 1.38. The number of rotatable bonds is 1. The maximum Gasteiger partial charge on any atom is 2.00 e. The predicted octanol–water partition coefficient (Wildman–Crippen LogP) is 1.20. The minimum Gasteiger partial charge on any atom is -0.664 e. The van der Waals surface area contributed by atoms with E-state index in [9.17, 15) is 4.79 Å². The molecule has 0 bridgehead atoms. The molecule has 0 fully saturated rings. The Balaban J connectivity index is -0.0000000800. The van der Waals surface area contributed by atoms with Crippen LogP contribution in [0, 0.1) is 7.43 Å². The SMILES string of the molecule is C=CC([NH-])=O.[CH3-].[Pd+2]. The van der Waals surface area contributed by atoms with Gasteiger partial charge in [-0.15, -0.1) is 0 Å². The van der Waals surface area contributed by atoms with Crippen molar-refractivity contribution in [2.24, 2.45) is 0 Å². The fraction of sp³-hybridized carbons (Fsp3) is 0. The Morgan fingerprint density at radius 1 is 1.71 bits per heavy atom. The number of hydrogen-bond acceptors (Lipinski definition) is 1. The van der Waals surface area contributed by atoms with Gasteiger partial charge in [-0.05, 0) is 6.08 Å². The van der Waals surface area contributed by atoms with Crippen LogP contribution in [0.4, 0.5) is 0 Å². The van der Waals surface area contributed by atoms with Gasteiger partial charge in [-0.2, -0.15) is 0 Å². The van der Waals surface area contributed by atoms with Gasteiger partial charge in [0, 0.05) is 0 Å². The third-order valence-electron chi connectivity index (χ3n) is 0.185. The van der Waals surface area contributed by atoms with Crippen LogP contribution in [-0.2, 0) is 25.2 Å². The third kappa shape index (κ3) is 25.1. The maximum absolute atomic E-state index is 9.36. The van der Waals surface area contributed by atoms with E-state index >= 15 is 0 Å². The zero-order valence-corrected chi connectivity index (χ0v) is 5.56. The van der Waals surface area contributed by atoms with Crippen molar-refractivity contribution in [3.8, 4) is 0 Å². The zero-order chi connectivity index (χ0) is 4.28. The molecule has 0 atom stereocenters. The van der Waals surface area contributed by atoms with Crippen molar-refractivity contribution in [1.82, 2.24) is 0 Å². The van der Waals surface area contributed by atoms with Crippen LogP contribution in [0.5, 0.6) is 0 Å². The first-order valence-electron chi connectivity index (χ1n) is 1.15. The summed E-state index contributed by atoms with van der Waals surface area (Å²) in [6.07, 6.45) is 0.944. The minimum absolute atomic E-state index is 0. The van der Waals surface area contributed by atoms with E-state index < -0.39 is 5.91 Å². The van der Waals surface area contributed by atoms with Crippen LogP contribution in [0.2, 0.25) is 0 Å². The molecule has 1 N–H and O–H groups in total. The molecule has 0 heterocycles. The van der Waals surface area contributed by atoms with E-state index in [0.29, 0.717) is 0 Å². The van der Waals surface area contributed by atoms with Gasteiger partial charge < -0.3 is 18.0 Å². The topological polar surface area (TPSA) is 40.9 Å². The second kappa shape index (κ2) is 9.30. The van der Waals surface area contributed by atoms with E-state index in [2.05, 4.69) is 6.58 Å². The van der Waals surface area contributed by atoms with Crippen LogP contribution in [-0.4, -0.2) is 5.91 Å². The standard InChI is InChI=1S/C3H5NO.CH3.Pd/c1-2-3(4)5;;/h2H,1H2,(H2,4,5);1H3;/q;-1;+2/p-1. The molecule has 7 heavy (non-hydrogen) atoms. The maximum atomic E-state index is 9.36. The van der Waals surface area contributed by atoms with Crippen molar-refractivity contribution < 1.29 is 25.2 Å². The fourth-order valence-electron chi connectivity index (χ4n) is 0. The number of amides is 1. The van der Waals surface area contributed by atoms with E-state index in [1.165, 1.54) is 0 Å². The van der Waals surface area contributed by atoms with Crippen molar-refractivity contribution in [3.63, 3.8) is 0 Å². The van der Waals surface area contributed by atoms with Crippen LogP contribution in [0.3, 0.4) is 0 Å². The Labute approximate surface area is 57.4 Å². The van der Waals surface area contributed by atoms with Gasteiger partial charge in [0.05, 0.1) is 5.91 Å². The van der Waals surface area contributed by atoms with E-state index in [4.69, 9.17) is 5.73 Å². The molecule has 1 amide bonds. The van der Waals surface area contributed by atoms with E-state index in [0.717, 1.165) is 6.08 Å². The Morgan fingerprint density at radius 2 is 1.86 bits per heavy atom. The molecule has 0 aromatic rings. The Morgan fingerprint density at radius 3 is 1.86 bits per heavy atom. The number of carbonyl (C=O) groups excluding carboxylic acids is 1. The summed E-state index contributed by atoms with van der Waals surface area (Å²) < 4.78 is 0. The van der Waals surface area contributed by atoms with E-state index in [-0.39, 0.29) is 27.8 Å². The summed E-state index contributed by atoms with van der Waals surface area (Å²) in [6.45, 7) is 3.02. The molecular formula is C4H7NOPd. The first kappa shape index (κ1) is 15.8. The molecule has 0 aromatic carbocycles. The molecule has 0 unspecified atom stereocenters. The largest absolute Gasteiger partial charge is 2.00 e. The number of hydrogen-bond donors (Lipinski definition) is 0. The molecule has 0 spiro atoms. The number of nitrogens with one attached hydrogen (secondary N) is 1. The minimum atomic E-state index is -0.731. The summed E-state index contributed by atoms with van der Waals surface area (Å²) in [5.74, 6) is -0.731. The first-order valence-corrected chi connectivity index (χ1v) is 1.15. The smallest absolute Gasteiger partial charge is 0.664 e. The van der Waals surface area contributed by atoms with Crippen LogP contribution < -0.4 is 0 Å². The molecule has 2 nitrogen and oxygen atoms in total. The monoisotopic (exact) mass is 191 g/mol. The second-order valence-corrected chi connectivity index (χ2v) is 0.568. The Kier molecular flexibility index (Phi) is 21.0. The van der Waals surface area contributed by atoms with Gasteiger partial charge >= 0.3 is 20.4 Å². The summed E-state index contributed by atoms with van der Waals surface area (Å²) in [5.41, 5.74) is 6.07. The normalized spacial score (nSPS) is 4.57. The molecule has 44 valence electrons. The number of carbonyl (C=O) groups is 1. The van der Waals surface area contributed by atoms with Gasteiger partial charge in [-0.1, -0.05) is 6.58 Å². The molecule has 0 aromatic heterocycles. The quantitative estimate of drug-likeness (QED) is 0.349. The molecular weight excluding hydrogens is 184 g/mol. The van der Waals surface area contributed by atoms with Gasteiger partial charge in [-0.25, -0.2) is 0 Å². The average molecular weight is 192 g/mol. The summed E-state index contributed by atoms with van der Waals surface area (Å²) in [5, 5.41) is 0. The second-order valence-electron chi connectivity index (χ2n) is 0.568. The molecule has 0 radical (unpaired) electrons. The van der Waals surface area contributed by atoms with Crippen LogP contribution >= 0.6 is 0 Å². The van der Waals surface area contributed by atoms with E-state index in [1.54, 1.807) is 0 Å². The van der Waals surface area contributed by atoms with Crippen molar-refractivity contribution in [2.45, 2.75) is 0 Å². The fourth-order valence-corrected chi connectivity index (χ4v) is 0. The first-order chi connectivity index (χ1) is 2.27. The van der Waals surface area contributed by atoms with Crippen LogP contribution in [0.25, 0.3) is 5.73 Å². The van der Waals surface area contributed by atoms with Crippen molar-refractivity contribution in [2.75, 3.05) is 0 Å². The van der Waals surface area contributed by atoms with Crippen molar-refractivity contribution in [3.05, 3.63) is 25.8 Å².